The molecule has 1 aromatic carbocycles. The van der Waals surface area contributed by atoms with E-state index in [4.69, 9.17) is 15.2 Å². The zero-order valence-corrected chi connectivity index (χ0v) is 10.9. The van der Waals surface area contributed by atoms with Crippen molar-refractivity contribution in [3.8, 4) is 11.5 Å². The van der Waals surface area contributed by atoms with E-state index in [2.05, 4.69) is 0 Å². The third kappa shape index (κ3) is 1.97. The van der Waals surface area contributed by atoms with E-state index in [1.165, 1.54) is 0 Å². The highest BCUT2D eigenvalue weighted by atomic mass is 16.5. The predicted octanol–water partition coefficient (Wildman–Crippen LogP) is 2.02. The average Bonchev–Trinajstić information content (AvgIpc) is 2.37. The van der Waals surface area contributed by atoms with Crippen LogP contribution in [0, 0.1) is 5.41 Å². The fourth-order valence-corrected chi connectivity index (χ4v) is 2.40. The van der Waals surface area contributed by atoms with Crippen LogP contribution >= 0.6 is 0 Å². The Morgan fingerprint density at radius 2 is 2.06 bits per heavy atom. The molecule has 0 unspecified atom stereocenters. The van der Waals surface area contributed by atoms with Crippen LogP contribution in [0.25, 0.3) is 0 Å². The summed E-state index contributed by atoms with van der Waals surface area (Å²) >= 11 is 0. The summed E-state index contributed by atoms with van der Waals surface area (Å²) in [7, 11) is 3.14. The van der Waals surface area contributed by atoms with E-state index in [1.54, 1.807) is 32.4 Å². The molecule has 0 saturated heterocycles. The summed E-state index contributed by atoms with van der Waals surface area (Å²) in [6.45, 7) is 0.404. The summed E-state index contributed by atoms with van der Waals surface area (Å²) in [5.74, 6) is 1.33. The van der Waals surface area contributed by atoms with E-state index in [-0.39, 0.29) is 11.2 Å². The smallest absolute Gasteiger partial charge is 0.173 e. The Labute approximate surface area is 107 Å². The third-order valence-corrected chi connectivity index (χ3v) is 3.84. The number of carbonyl (C=O) groups is 1. The van der Waals surface area contributed by atoms with E-state index in [0.717, 1.165) is 19.3 Å². The predicted molar refractivity (Wildman–Crippen MR) is 69.2 cm³/mol. The monoisotopic (exact) mass is 249 g/mol. The molecule has 1 aromatic rings. The van der Waals surface area contributed by atoms with Gasteiger partial charge in [-0.05, 0) is 25.0 Å². The molecule has 0 aliphatic heterocycles. The van der Waals surface area contributed by atoms with Gasteiger partial charge in [0.15, 0.2) is 5.78 Å². The highest BCUT2D eigenvalue weighted by Gasteiger charge is 2.43. The lowest BCUT2D eigenvalue weighted by molar-refractivity contribution is 0.0632. The Kier molecular flexibility index (Phi) is 3.57. The second-order valence-electron chi connectivity index (χ2n) is 4.73. The molecular formula is C14H19NO3. The first-order chi connectivity index (χ1) is 8.66. The molecule has 2 N–H and O–H groups in total. The number of hydrogen-bond donors (Lipinski definition) is 1. The number of carbonyl (C=O) groups excluding carboxylic acids is 1. The number of rotatable bonds is 5. The van der Waals surface area contributed by atoms with Crippen LogP contribution in [0.3, 0.4) is 0 Å². The van der Waals surface area contributed by atoms with E-state index >= 15 is 0 Å². The van der Waals surface area contributed by atoms with Crippen molar-refractivity contribution in [1.82, 2.24) is 0 Å². The Balaban J connectivity index is 2.35. The fourth-order valence-electron chi connectivity index (χ4n) is 2.40. The number of Topliss-reactive ketones (excluding diaryl/α,β-unsaturated/α-hetero) is 1. The van der Waals surface area contributed by atoms with Crippen molar-refractivity contribution in [3.05, 3.63) is 23.8 Å². The summed E-state index contributed by atoms with van der Waals surface area (Å²) in [5.41, 5.74) is 6.00. The number of methoxy groups -OCH3 is 2. The second-order valence-corrected chi connectivity index (χ2v) is 4.73. The van der Waals surface area contributed by atoms with Gasteiger partial charge in [-0.2, -0.15) is 0 Å². The molecule has 4 heteroatoms. The van der Waals surface area contributed by atoms with Gasteiger partial charge in [0.2, 0.25) is 0 Å². The van der Waals surface area contributed by atoms with Crippen molar-refractivity contribution in [2.75, 3.05) is 20.8 Å². The lowest BCUT2D eigenvalue weighted by Gasteiger charge is -2.39. The van der Waals surface area contributed by atoms with Crippen molar-refractivity contribution in [2.24, 2.45) is 11.1 Å². The lowest BCUT2D eigenvalue weighted by atomic mass is 9.64. The second kappa shape index (κ2) is 4.98. The molecule has 0 atom stereocenters. The SMILES string of the molecule is COc1ccc(C(=O)C2(CN)CCC2)c(OC)c1. The molecule has 1 aliphatic rings. The minimum Gasteiger partial charge on any atom is -0.497 e. The Hall–Kier alpha value is -1.55. The van der Waals surface area contributed by atoms with Crippen molar-refractivity contribution in [1.29, 1.82) is 0 Å². The standard InChI is InChI=1S/C14H19NO3/c1-17-10-4-5-11(12(8-10)18-2)13(16)14(9-15)6-3-7-14/h4-5,8H,3,6-7,9,15H2,1-2H3. The Bertz CT molecular complexity index is 447. The highest BCUT2D eigenvalue weighted by molar-refractivity contribution is 6.03. The molecule has 0 spiro atoms. The summed E-state index contributed by atoms with van der Waals surface area (Å²) in [4.78, 5) is 12.6. The van der Waals surface area contributed by atoms with Crippen LogP contribution < -0.4 is 15.2 Å². The summed E-state index contributed by atoms with van der Waals surface area (Å²) in [6.07, 6.45) is 2.82. The molecule has 18 heavy (non-hydrogen) atoms. The zero-order valence-electron chi connectivity index (χ0n) is 10.9. The van der Waals surface area contributed by atoms with E-state index < -0.39 is 0 Å². The van der Waals surface area contributed by atoms with Gasteiger partial charge in [0.25, 0.3) is 0 Å². The molecule has 0 bridgehead atoms. The van der Waals surface area contributed by atoms with Gasteiger partial charge in [-0.3, -0.25) is 4.79 Å². The van der Waals surface area contributed by atoms with Crippen molar-refractivity contribution >= 4 is 5.78 Å². The number of ether oxygens (including phenoxy) is 2. The summed E-state index contributed by atoms with van der Waals surface area (Å²) in [6, 6.07) is 5.27. The largest absolute Gasteiger partial charge is 0.497 e. The van der Waals surface area contributed by atoms with Gasteiger partial charge in [0.05, 0.1) is 19.8 Å². The van der Waals surface area contributed by atoms with Crippen molar-refractivity contribution in [3.63, 3.8) is 0 Å². The van der Waals surface area contributed by atoms with Gasteiger partial charge in [-0.25, -0.2) is 0 Å². The zero-order chi connectivity index (χ0) is 13.2. The van der Waals surface area contributed by atoms with Crippen LogP contribution in [-0.2, 0) is 0 Å². The third-order valence-electron chi connectivity index (χ3n) is 3.84. The molecular weight excluding hydrogens is 230 g/mol. The van der Waals surface area contributed by atoms with Crippen LogP contribution in [0.2, 0.25) is 0 Å². The minimum atomic E-state index is -0.373. The maximum absolute atomic E-state index is 12.6. The quantitative estimate of drug-likeness (QED) is 0.811. The van der Waals surface area contributed by atoms with Crippen LogP contribution in [0.15, 0.2) is 18.2 Å². The van der Waals surface area contributed by atoms with Crippen LogP contribution in [0.4, 0.5) is 0 Å². The summed E-state index contributed by atoms with van der Waals surface area (Å²) in [5, 5.41) is 0. The van der Waals surface area contributed by atoms with E-state index in [9.17, 15) is 4.79 Å². The fraction of sp³-hybridized carbons (Fsp3) is 0.500. The number of nitrogens with two attached hydrogens (primary N) is 1. The first kappa shape index (κ1) is 12.9. The van der Waals surface area contributed by atoms with Crippen LogP contribution in [0.5, 0.6) is 11.5 Å². The van der Waals surface area contributed by atoms with Crippen molar-refractivity contribution in [2.45, 2.75) is 19.3 Å². The van der Waals surface area contributed by atoms with Gasteiger partial charge in [-0.1, -0.05) is 6.42 Å². The Morgan fingerprint density at radius 3 is 2.50 bits per heavy atom. The number of ketones is 1. The molecule has 1 fully saturated rings. The molecule has 4 nitrogen and oxygen atoms in total. The van der Waals surface area contributed by atoms with E-state index in [0.29, 0.717) is 23.6 Å². The molecule has 2 rings (SSSR count). The van der Waals surface area contributed by atoms with Crippen molar-refractivity contribution < 1.29 is 14.3 Å². The number of hydrogen-bond acceptors (Lipinski definition) is 4. The Morgan fingerprint density at radius 1 is 1.33 bits per heavy atom. The minimum absolute atomic E-state index is 0.0933. The summed E-state index contributed by atoms with van der Waals surface area (Å²) < 4.78 is 10.4. The highest BCUT2D eigenvalue weighted by Crippen LogP contribution is 2.44. The van der Waals surface area contributed by atoms with Gasteiger partial charge < -0.3 is 15.2 Å². The molecule has 98 valence electrons. The molecule has 0 amide bonds. The number of benzene rings is 1. The first-order valence-electron chi connectivity index (χ1n) is 6.14. The van der Waals surface area contributed by atoms with Gasteiger partial charge in [0, 0.05) is 18.0 Å². The maximum atomic E-state index is 12.6. The average molecular weight is 249 g/mol. The molecule has 0 heterocycles. The lowest BCUT2D eigenvalue weighted by Crippen LogP contribution is -2.44. The van der Waals surface area contributed by atoms with E-state index in [1.807, 2.05) is 0 Å². The molecule has 1 aliphatic carbocycles. The topological polar surface area (TPSA) is 61.5 Å². The molecule has 0 aromatic heterocycles. The molecule has 0 radical (unpaired) electrons. The van der Waals surface area contributed by atoms with Gasteiger partial charge >= 0.3 is 0 Å². The maximum Gasteiger partial charge on any atom is 0.173 e. The van der Waals surface area contributed by atoms with Gasteiger partial charge in [-0.15, -0.1) is 0 Å². The van der Waals surface area contributed by atoms with Crippen LogP contribution in [0.1, 0.15) is 29.6 Å². The normalized spacial score (nSPS) is 16.8. The van der Waals surface area contributed by atoms with Gasteiger partial charge in [0.1, 0.15) is 11.5 Å². The molecule has 1 saturated carbocycles. The first-order valence-corrected chi connectivity index (χ1v) is 6.14. The van der Waals surface area contributed by atoms with Crippen LogP contribution in [-0.4, -0.2) is 26.5 Å².